The number of imide groups is 1. The number of rotatable bonds is 7. The lowest BCUT2D eigenvalue weighted by atomic mass is 9.84. The van der Waals surface area contributed by atoms with E-state index in [0.29, 0.717) is 26.7 Å². The Labute approximate surface area is 225 Å². The highest BCUT2D eigenvalue weighted by molar-refractivity contribution is 8.00. The number of aromatic nitrogens is 2. The van der Waals surface area contributed by atoms with E-state index in [-0.39, 0.29) is 24.6 Å². The third kappa shape index (κ3) is 4.43. The van der Waals surface area contributed by atoms with Crippen LogP contribution in [0.2, 0.25) is 0 Å². The van der Waals surface area contributed by atoms with Crippen molar-refractivity contribution in [1.82, 2.24) is 9.55 Å². The molecule has 2 aliphatic rings. The fourth-order valence-corrected chi connectivity index (χ4v) is 7.50. The second kappa shape index (κ2) is 10.5. The van der Waals surface area contributed by atoms with Crippen LogP contribution in [0.15, 0.2) is 58.6 Å². The number of anilines is 1. The molecule has 196 valence electrons. The number of thiazole rings is 1. The second-order valence-electron chi connectivity index (χ2n) is 8.54. The van der Waals surface area contributed by atoms with Crippen molar-refractivity contribution in [3.63, 3.8) is 0 Å². The molecule has 0 N–H and O–H groups in total. The lowest BCUT2D eigenvalue weighted by Crippen LogP contribution is -2.32. The SMILES string of the molecule is CCOC(=O)Cn1c2c(sc1=O)[C@@H](c1cccnc1)[C@@H]1C(=O)N(c3ccc(C(=O)OCC)cc3)C(=O)[C@@H]1S2. The molecule has 0 radical (unpaired) electrons. The zero-order chi connectivity index (χ0) is 27.0. The first-order valence-corrected chi connectivity index (χ1v) is 13.7. The normalized spacial score (nSPS) is 20.2. The van der Waals surface area contributed by atoms with Crippen molar-refractivity contribution in [3.05, 3.63) is 74.5 Å². The van der Waals surface area contributed by atoms with Gasteiger partial charge in [0, 0.05) is 23.2 Å². The van der Waals surface area contributed by atoms with Crippen LogP contribution in [0.5, 0.6) is 0 Å². The first kappa shape index (κ1) is 25.9. The van der Waals surface area contributed by atoms with Gasteiger partial charge in [-0.1, -0.05) is 29.2 Å². The number of benzene rings is 1. The van der Waals surface area contributed by atoms with Gasteiger partial charge in [0.2, 0.25) is 11.8 Å². The summed E-state index contributed by atoms with van der Waals surface area (Å²) >= 11 is 2.07. The molecule has 5 rings (SSSR count). The number of pyridine rings is 1. The van der Waals surface area contributed by atoms with Gasteiger partial charge in [-0.05, 0) is 49.7 Å². The number of carbonyl (C=O) groups excluding carboxylic acids is 4. The lowest BCUT2D eigenvalue weighted by molar-refractivity contribution is -0.144. The highest BCUT2D eigenvalue weighted by Gasteiger charge is 2.56. The summed E-state index contributed by atoms with van der Waals surface area (Å²) in [7, 11) is 0. The topological polar surface area (TPSA) is 125 Å². The molecule has 0 aliphatic carbocycles. The second-order valence-corrected chi connectivity index (χ2v) is 10.7. The fourth-order valence-electron chi connectivity index (χ4n) is 4.73. The molecule has 2 aromatic heterocycles. The van der Waals surface area contributed by atoms with Crippen molar-refractivity contribution in [2.75, 3.05) is 18.1 Å². The predicted molar refractivity (Wildman–Crippen MR) is 139 cm³/mol. The molecule has 1 aromatic carbocycles. The van der Waals surface area contributed by atoms with E-state index in [9.17, 15) is 24.0 Å². The summed E-state index contributed by atoms with van der Waals surface area (Å²) in [5.74, 6) is -3.30. The van der Waals surface area contributed by atoms with Crippen LogP contribution < -0.4 is 9.77 Å². The molecule has 10 nitrogen and oxygen atoms in total. The molecule has 1 saturated heterocycles. The Kier molecular flexibility index (Phi) is 7.17. The average molecular weight is 554 g/mol. The number of ether oxygens (including phenoxy) is 2. The molecule has 3 atom stereocenters. The van der Waals surface area contributed by atoms with Crippen LogP contribution in [0.4, 0.5) is 5.69 Å². The summed E-state index contributed by atoms with van der Waals surface area (Å²) in [5.41, 5.74) is 1.33. The van der Waals surface area contributed by atoms with Crippen molar-refractivity contribution < 1.29 is 28.7 Å². The fraction of sp³-hybridized carbons (Fsp3) is 0.308. The van der Waals surface area contributed by atoms with Crippen LogP contribution in [0, 0.1) is 5.92 Å². The molecule has 1 fully saturated rings. The van der Waals surface area contributed by atoms with Gasteiger partial charge in [-0.15, -0.1) is 0 Å². The Morgan fingerprint density at radius 1 is 1.00 bits per heavy atom. The maximum Gasteiger partial charge on any atom is 0.338 e. The van der Waals surface area contributed by atoms with E-state index in [4.69, 9.17) is 9.47 Å². The van der Waals surface area contributed by atoms with Crippen LogP contribution >= 0.6 is 23.1 Å². The van der Waals surface area contributed by atoms with E-state index in [2.05, 4.69) is 4.98 Å². The molecule has 0 spiro atoms. The van der Waals surface area contributed by atoms with Crippen LogP contribution in [0.3, 0.4) is 0 Å². The van der Waals surface area contributed by atoms with Gasteiger partial charge < -0.3 is 9.47 Å². The van der Waals surface area contributed by atoms with Crippen LogP contribution in [-0.4, -0.2) is 51.8 Å². The molecule has 4 heterocycles. The van der Waals surface area contributed by atoms with Crippen LogP contribution in [-0.2, 0) is 30.4 Å². The molecular weight excluding hydrogens is 530 g/mol. The highest BCUT2D eigenvalue weighted by atomic mass is 32.2. The minimum absolute atomic E-state index is 0.174. The minimum Gasteiger partial charge on any atom is -0.465 e. The number of amides is 2. The van der Waals surface area contributed by atoms with E-state index < -0.39 is 40.8 Å². The van der Waals surface area contributed by atoms with Gasteiger partial charge in [0.1, 0.15) is 11.8 Å². The monoisotopic (exact) mass is 553 g/mol. The van der Waals surface area contributed by atoms with Gasteiger partial charge in [-0.25, -0.2) is 9.69 Å². The Hall–Kier alpha value is -3.77. The van der Waals surface area contributed by atoms with Crippen molar-refractivity contribution in [2.45, 2.75) is 36.6 Å². The smallest absolute Gasteiger partial charge is 0.338 e. The van der Waals surface area contributed by atoms with Crippen molar-refractivity contribution in [3.8, 4) is 0 Å². The van der Waals surface area contributed by atoms with Crippen molar-refractivity contribution in [2.24, 2.45) is 5.92 Å². The molecule has 2 aliphatic heterocycles. The van der Waals surface area contributed by atoms with E-state index in [1.54, 1.807) is 32.3 Å². The number of nitrogens with zero attached hydrogens (tertiary/aromatic N) is 3. The quantitative estimate of drug-likeness (QED) is 0.321. The van der Waals surface area contributed by atoms with E-state index >= 15 is 0 Å². The number of carbonyl (C=O) groups is 4. The number of hydrogen-bond donors (Lipinski definition) is 0. The Morgan fingerprint density at radius 3 is 2.39 bits per heavy atom. The zero-order valence-corrected chi connectivity index (χ0v) is 22.1. The van der Waals surface area contributed by atoms with E-state index in [1.165, 1.54) is 28.8 Å². The molecule has 2 amide bonds. The maximum absolute atomic E-state index is 13.8. The maximum atomic E-state index is 13.8. The average Bonchev–Trinajstić information content (AvgIpc) is 3.35. The summed E-state index contributed by atoms with van der Waals surface area (Å²) < 4.78 is 11.4. The molecule has 0 saturated carbocycles. The predicted octanol–water partition coefficient (Wildman–Crippen LogP) is 2.84. The van der Waals surface area contributed by atoms with Crippen molar-refractivity contribution in [1.29, 1.82) is 0 Å². The Balaban J connectivity index is 1.56. The van der Waals surface area contributed by atoms with Gasteiger partial charge in [0.15, 0.2) is 0 Å². The van der Waals surface area contributed by atoms with E-state index in [1.807, 2.05) is 6.07 Å². The third-order valence-corrected chi connectivity index (χ3v) is 8.93. The first-order chi connectivity index (χ1) is 18.3. The standard InChI is InChI=1S/C26H23N3O7S2/c1-3-35-17(30)13-28-24-21(38-26(28)34)18(15-6-5-11-27-12-15)19-20(37-24)23(32)29(22(19)31)16-9-7-14(8-10-16)25(33)36-4-2/h5-12,18-20H,3-4,13H2,1-2H3/t18-,19-,20+/m0/s1. The molecule has 0 unspecified atom stereocenters. The van der Waals surface area contributed by atoms with Crippen LogP contribution in [0.1, 0.15) is 40.6 Å². The lowest BCUT2D eigenvalue weighted by Gasteiger charge is -2.30. The number of hydrogen-bond acceptors (Lipinski definition) is 10. The molecule has 0 bridgehead atoms. The largest absolute Gasteiger partial charge is 0.465 e. The summed E-state index contributed by atoms with van der Waals surface area (Å²) in [6.45, 7) is 3.50. The van der Waals surface area contributed by atoms with Crippen LogP contribution in [0.25, 0.3) is 0 Å². The zero-order valence-electron chi connectivity index (χ0n) is 20.5. The van der Waals surface area contributed by atoms with Gasteiger partial charge in [0.25, 0.3) is 0 Å². The first-order valence-electron chi connectivity index (χ1n) is 12.0. The molecule has 12 heteroatoms. The molecule has 38 heavy (non-hydrogen) atoms. The summed E-state index contributed by atoms with van der Waals surface area (Å²) in [6, 6.07) is 9.64. The highest BCUT2D eigenvalue weighted by Crippen LogP contribution is 2.53. The molecule has 3 aromatic rings. The number of thioether (sulfide) groups is 1. The Morgan fingerprint density at radius 2 is 1.74 bits per heavy atom. The van der Waals surface area contributed by atoms with Crippen molar-refractivity contribution >= 4 is 52.5 Å². The summed E-state index contributed by atoms with van der Waals surface area (Å²) in [6.07, 6.45) is 3.23. The van der Waals surface area contributed by atoms with E-state index in [0.717, 1.165) is 28.0 Å². The van der Waals surface area contributed by atoms with Gasteiger partial charge >= 0.3 is 16.8 Å². The summed E-state index contributed by atoms with van der Waals surface area (Å²) in [4.78, 5) is 70.4. The number of esters is 2. The number of fused-ring (bicyclic) bond motifs is 2. The van der Waals surface area contributed by atoms with Gasteiger partial charge in [-0.3, -0.25) is 28.7 Å². The minimum atomic E-state index is -0.826. The third-order valence-electron chi connectivity index (χ3n) is 6.32. The van der Waals surface area contributed by atoms with Gasteiger partial charge in [-0.2, -0.15) is 0 Å². The van der Waals surface area contributed by atoms with Gasteiger partial charge in [0.05, 0.1) is 35.4 Å². The molecular formula is C26H23N3O7S2. The summed E-state index contributed by atoms with van der Waals surface area (Å²) in [5, 5.41) is -0.351. The Bertz CT molecular complexity index is 1470.